The summed E-state index contributed by atoms with van der Waals surface area (Å²) in [7, 11) is 1.66. The van der Waals surface area contributed by atoms with E-state index >= 15 is 0 Å². The highest BCUT2D eigenvalue weighted by molar-refractivity contribution is 5.81. The van der Waals surface area contributed by atoms with Gasteiger partial charge in [0.05, 0.1) is 7.11 Å². The Kier molecular flexibility index (Phi) is 6.82. The summed E-state index contributed by atoms with van der Waals surface area (Å²) in [6.07, 6.45) is 5.80. The van der Waals surface area contributed by atoms with E-state index in [4.69, 9.17) is 9.47 Å². The molecule has 3 heterocycles. The minimum atomic E-state index is 0.249. The van der Waals surface area contributed by atoms with E-state index in [0.717, 1.165) is 77.1 Å². The second kappa shape index (κ2) is 9.30. The first-order valence-corrected chi connectivity index (χ1v) is 9.60. The van der Waals surface area contributed by atoms with Crippen LogP contribution in [0.2, 0.25) is 0 Å². The highest BCUT2D eigenvalue weighted by Gasteiger charge is 2.23. The molecule has 2 aliphatic rings. The van der Waals surface area contributed by atoms with Gasteiger partial charge >= 0.3 is 0 Å². The molecule has 0 N–H and O–H groups in total. The van der Waals surface area contributed by atoms with Crippen LogP contribution >= 0.6 is 0 Å². The fourth-order valence-corrected chi connectivity index (χ4v) is 3.92. The molecule has 3 rings (SSSR count). The molecule has 0 radical (unpaired) electrons. The van der Waals surface area contributed by atoms with Crippen LogP contribution in [-0.2, 0) is 9.53 Å². The standard InChI is InChI=1S/C20H30N2O3/c1-24-20-6-2-4-18(21-20)16-7-12-22(13-8-16)11-3-5-19(23)17-9-14-25-15-10-17/h2,4,6,16-17H,3,5,7-15H2,1H3. The molecule has 2 fully saturated rings. The molecule has 0 amide bonds. The minimum absolute atomic E-state index is 0.249. The third-order valence-electron chi connectivity index (χ3n) is 5.53. The van der Waals surface area contributed by atoms with Gasteiger partial charge in [-0.1, -0.05) is 6.07 Å². The van der Waals surface area contributed by atoms with Gasteiger partial charge in [0.2, 0.25) is 5.88 Å². The normalized spacial score (nSPS) is 20.5. The van der Waals surface area contributed by atoms with Gasteiger partial charge in [-0.2, -0.15) is 0 Å². The van der Waals surface area contributed by atoms with Crippen molar-refractivity contribution in [3.63, 3.8) is 0 Å². The second-order valence-electron chi connectivity index (χ2n) is 7.18. The van der Waals surface area contributed by atoms with Gasteiger partial charge in [0.25, 0.3) is 0 Å². The summed E-state index contributed by atoms with van der Waals surface area (Å²) in [6, 6.07) is 6.03. The number of methoxy groups -OCH3 is 1. The lowest BCUT2D eigenvalue weighted by Crippen LogP contribution is -2.34. The molecule has 1 aromatic heterocycles. The van der Waals surface area contributed by atoms with Crippen molar-refractivity contribution in [1.82, 2.24) is 9.88 Å². The van der Waals surface area contributed by atoms with E-state index in [9.17, 15) is 4.79 Å². The molecule has 0 saturated carbocycles. The van der Waals surface area contributed by atoms with Gasteiger partial charge in [-0.25, -0.2) is 4.98 Å². The molecule has 0 spiro atoms. The Hall–Kier alpha value is -1.46. The van der Waals surface area contributed by atoms with Crippen LogP contribution in [0, 0.1) is 5.92 Å². The van der Waals surface area contributed by atoms with Gasteiger partial charge in [0, 0.05) is 43.2 Å². The van der Waals surface area contributed by atoms with Crippen molar-refractivity contribution in [2.75, 3.05) is 40.0 Å². The molecule has 2 saturated heterocycles. The first-order valence-electron chi connectivity index (χ1n) is 9.60. The molecule has 5 nitrogen and oxygen atoms in total. The van der Waals surface area contributed by atoms with Crippen LogP contribution in [0.3, 0.4) is 0 Å². The lowest BCUT2D eigenvalue weighted by molar-refractivity contribution is -0.125. The second-order valence-corrected chi connectivity index (χ2v) is 7.18. The van der Waals surface area contributed by atoms with Crippen LogP contribution < -0.4 is 4.74 Å². The predicted octanol–water partition coefficient (Wildman–Crippen LogP) is 3.05. The average Bonchev–Trinajstić information content (AvgIpc) is 2.69. The summed E-state index contributed by atoms with van der Waals surface area (Å²) in [5.41, 5.74) is 1.15. The summed E-state index contributed by atoms with van der Waals surface area (Å²) in [4.78, 5) is 19.3. The number of hydrogen-bond acceptors (Lipinski definition) is 5. The number of ether oxygens (including phenoxy) is 2. The number of nitrogens with zero attached hydrogens (tertiary/aromatic N) is 2. The Morgan fingerprint density at radius 2 is 2.00 bits per heavy atom. The van der Waals surface area contributed by atoms with E-state index in [1.807, 2.05) is 12.1 Å². The van der Waals surface area contributed by atoms with Crippen LogP contribution in [-0.4, -0.2) is 55.6 Å². The molecule has 0 atom stereocenters. The van der Waals surface area contributed by atoms with Gasteiger partial charge in [-0.3, -0.25) is 4.79 Å². The third-order valence-corrected chi connectivity index (χ3v) is 5.53. The van der Waals surface area contributed by atoms with Gasteiger partial charge in [-0.15, -0.1) is 0 Å². The summed E-state index contributed by atoms with van der Waals surface area (Å²) in [5.74, 6) is 1.92. The highest BCUT2D eigenvalue weighted by atomic mass is 16.5. The number of rotatable bonds is 7. The van der Waals surface area contributed by atoms with Crippen molar-refractivity contribution in [3.05, 3.63) is 23.9 Å². The van der Waals surface area contributed by atoms with Crippen LogP contribution in [0.5, 0.6) is 5.88 Å². The van der Waals surface area contributed by atoms with E-state index in [-0.39, 0.29) is 5.92 Å². The van der Waals surface area contributed by atoms with Crippen molar-refractivity contribution >= 4 is 5.78 Å². The van der Waals surface area contributed by atoms with Gasteiger partial charge in [0.1, 0.15) is 5.78 Å². The number of hydrogen-bond donors (Lipinski definition) is 0. The maximum Gasteiger partial charge on any atom is 0.213 e. The number of carbonyl (C=O) groups is 1. The monoisotopic (exact) mass is 346 g/mol. The molecular weight excluding hydrogens is 316 g/mol. The topological polar surface area (TPSA) is 51.7 Å². The molecule has 1 aromatic rings. The lowest BCUT2D eigenvalue weighted by atomic mass is 9.91. The van der Waals surface area contributed by atoms with E-state index in [1.54, 1.807) is 7.11 Å². The van der Waals surface area contributed by atoms with Crippen molar-refractivity contribution in [2.24, 2.45) is 5.92 Å². The quantitative estimate of drug-likeness (QED) is 0.759. The predicted molar refractivity (Wildman–Crippen MR) is 97.0 cm³/mol. The van der Waals surface area contributed by atoms with Crippen molar-refractivity contribution in [2.45, 2.75) is 44.4 Å². The number of carbonyl (C=O) groups excluding carboxylic acids is 1. The van der Waals surface area contributed by atoms with Crippen LogP contribution in [0.25, 0.3) is 0 Å². The third kappa shape index (κ3) is 5.25. The number of ketones is 1. The summed E-state index contributed by atoms with van der Waals surface area (Å²) in [5, 5.41) is 0. The molecule has 138 valence electrons. The van der Waals surface area contributed by atoms with Crippen molar-refractivity contribution in [3.8, 4) is 5.88 Å². The Labute approximate surface area is 150 Å². The Balaban J connectivity index is 1.37. The molecular formula is C20H30N2O3. The molecule has 25 heavy (non-hydrogen) atoms. The highest BCUT2D eigenvalue weighted by Crippen LogP contribution is 2.28. The Morgan fingerprint density at radius 3 is 2.72 bits per heavy atom. The lowest BCUT2D eigenvalue weighted by Gasteiger charge is -2.31. The van der Waals surface area contributed by atoms with E-state index < -0.39 is 0 Å². The zero-order valence-electron chi connectivity index (χ0n) is 15.3. The fourth-order valence-electron chi connectivity index (χ4n) is 3.92. The molecule has 2 aliphatic heterocycles. The number of piperidine rings is 1. The average molecular weight is 346 g/mol. The molecule has 0 aromatic carbocycles. The maximum atomic E-state index is 12.2. The van der Waals surface area contributed by atoms with E-state index in [1.165, 1.54) is 0 Å². The fraction of sp³-hybridized carbons (Fsp3) is 0.700. The van der Waals surface area contributed by atoms with Gasteiger partial charge < -0.3 is 14.4 Å². The molecule has 5 heteroatoms. The maximum absolute atomic E-state index is 12.2. The summed E-state index contributed by atoms with van der Waals surface area (Å²) >= 11 is 0. The SMILES string of the molecule is COc1cccc(C2CCN(CCCC(=O)C3CCOCC3)CC2)n1. The van der Waals surface area contributed by atoms with Gasteiger partial charge in [0.15, 0.2) is 0 Å². The van der Waals surface area contributed by atoms with Crippen LogP contribution in [0.15, 0.2) is 18.2 Å². The first kappa shape index (κ1) is 18.3. The minimum Gasteiger partial charge on any atom is -0.481 e. The number of pyridine rings is 1. The van der Waals surface area contributed by atoms with Crippen LogP contribution in [0.4, 0.5) is 0 Å². The summed E-state index contributed by atoms with van der Waals surface area (Å²) in [6.45, 7) is 4.72. The molecule has 0 bridgehead atoms. The zero-order chi connectivity index (χ0) is 17.5. The van der Waals surface area contributed by atoms with Gasteiger partial charge in [-0.05, 0) is 57.8 Å². The molecule has 0 unspecified atom stereocenters. The number of Topliss-reactive ketones (excluding diaryl/α,β-unsaturated/α-hetero) is 1. The zero-order valence-corrected chi connectivity index (χ0v) is 15.3. The largest absolute Gasteiger partial charge is 0.481 e. The number of likely N-dealkylation sites (tertiary alicyclic amines) is 1. The summed E-state index contributed by atoms with van der Waals surface area (Å²) < 4.78 is 10.6. The smallest absolute Gasteiger partial charge is 0.213 e. The Bertz CT molecular complexity index is 550. The Morgan fingerprint density at radius 1 is 1.24 bits per heavy atom. The van der Waals surface area contributed by atoms with Crippen LogP contribution in [0.1, 0.15) is 50.1 Å². The molecule has 0 aliphatic carbocycles. The van der Waals surface area contributed by atoms with Crippen molar-refractivity contribution < 1.29 is 14.3 Å². The van der Waals surface area contributed by atoms with Crippen molar-refractivity contribution in [1.29, 1.82) is 0 Å². The van der Waals surface area contributed by atoms with E-state index in [2.05, 4.69) is 16.0 Å². The number of aromatic nitrogens is 1. The first-order chi connectivity index (χ1) is 12.3. The van der Waals surface area contributed by atoms with E-state index in [0.29, 0.717) is 17.6 Å².